The number of nitrogens with one attached hydrogen (secondary N) is 2. The number of aromatic nitrogens is 3. The number of aryl methyl sites for hydroxylation is 1. The third-order valence-corrected chi connectivity index (χ3v) is 4.24. The summed E-state index contributed by atoms with van der Waals surface area (Å²) in [6.07, 6.45) is 2.01. The molecule has 0 saturated carbocycles. The Balaban J connectivity index is 1.63. The zero-order valence-corrected chi connectivity index (χ0v) is 13.9. The number of fused-ring (bicyclic) bond motifs is 1. The molecule has 2 amide bonds. The van der Waals surface area contributed by atoms with Gasteiger partial charge in [-0.2, -0.15) is 0 Å². The minimum absolute atomic E-state index is 0.190. The van der Waals surface area contributed by atoms with Gasteiger partial charge in [-0.25, -0.2) is 9.18 Å². The lowest BCUT2D eigenvalue weighted by molar-refractivity contribution is 0.231. The van der Waals surface area contributed by atoms with E-state index in [4.69, 9.17) is 0 Å². The fraction of sp³-hybridized carbons (Fsp3) is 0.471. The summed E-state index contributed by atoms with van der Waals surface area (Å²) in [6, 6.07) is 5.60. The van der Waals surface area contributed by atoms with Gasteiger partial charge >= 0.3 is 6.03 Å². The minimum Gasteiger partial charge on any atom is -0.334 e. The normalized spacial score (nSPS) is 14.5. The Morgan fingerprint density at radius 3 is 2.75 bits per heavy atom. The molecule has 0 aliphatic carbocycles. The molecule has 1 aliphatic rings. The Hall–Kier alpha value is -2.44. The molecule has 7 heteroatoms. The lowest BCUT2D eigenvalue weighted by atomic mass is 10.0. The summed E-state index contributed by atoms with van der Waals surface area (Å²) in [5.41, 5.74) is 0.844. The van der Waals surface area contributed by atoms with Crippen LogP contribution in [0.4, 0.5) is 9.18 Å². The molecule has 128 valence electrons. The number of amides is 2. The van der Waals surface area contributed by atoms with E-state index in [-0.39, 0.29) is 23.8 Å². The first kappa shape index (κ1) is 16.4. The third kappa shape index (κ3) is 3.55. The van der Waals surface area contributed by atoms with Crippen LogP contribution in [0.25, 0.3) is 0 Å². The molecule has 1 unspecified atom stereocenters. The van der Waals surface area contributed by atoms with Crippen LogP contribution in [0.3, 0.4) is 0 Å². The maximum Gasteiger partial charge on any atom is 0.315 e. The van der Waals surface area contributed by atoms with Crippen LogP contribution in [-0.4, -0.2) is 20.8 Å². The summed E-state index contributed by atoms with van der Waals surface area (Å²) in [7, 11) is 0. The number of urea groups is 1. The van der Waals surface area contributed by atoms with Gasteiger partial charge in [-0.3, -0.25) is 0 Å². The summed E-state index contributed by atoms with van der Waals surface area (Å²) in [6.45, 7) is 5.33. The van der Waals surface area contributed by atoms with E-state index in [1.807, 2.05) is 13.8 Å². The van der Waals surface area contributed by atoms with E-state index in [1.165, 1.54) is 12.1 Å². The molecule has 0 saturated heterocycles. The summed E-state index contributed by atoms with van der Waals surface area (Å²) in [5.74, 6) is 1.71. The molecule has 1 aliphatic heterocycles. The summed E-state index contributed by atoms with van der Waals surface area (Å²) >= 11 is 0. The molecule has 2 heterocycles. The number of carbonyl (C=O) groups excluding carboxylic acids is 1. The van der Waals surface area contributed by atoms with Crippen LogP contribution in [-0.2, 0) is 19.5 Å². The summed E-state index contributed by atoms with van der Waals surface area (Å²) < 4.78 is 15.0. The van der Waals surface area contributed by atoms with Crippen molar-refractivity contribution in [2.45, 2.75) is 45.8 Å². The number of rotatable bonds is 5. The van der Waals surface area contributed by atoms with Gasteiger partial charge in [0.2, 0.25) is 0 Å². The molecule has 24 heavy (non-hydrogen) atoms. The molecule has 1 aromatic heterocycles. The third-order valence-electron chi connectivity index (χ3n) is 4.24. The van der Waals surface area contributed by atoms with E-state index < -0.39 is 0 Å². The minimum atomic E-state index is -0.288. The fourth-order valence-electron chi connectivity index (χ4n) is 2.91. The second-order valence-corrected chi connectivity index (χ2v) is 6.40. The van der Waals surface area contributed by atoms with Crippen LogP contribution in [0.2, 0.25) is 0 Å². The standard InChI is InChI=1S/C17H22FN5O/c1-11(2)15(16-22-21-14-4-3-9-23(14)16)20-17(24)19-10-12-5-7-13(18)8-6-12/h5-8,11,15H,3-4,9-10H2,1-2H3,(H2,19,20,24). The lowest BCUT2D eigenvalue weighted by Crippen LogP contribution is -2.40. The van der Waals surface area contributed by atoms with Gasteiger partial charge in [-0.1, -0.05) is 26.0 Å². The molecular formula is C17H22FN5O. The average molecular weight is 331 g/mol. The summed E-state index contributed by atoms with van der Waals surface area (Å²) in [5, 5.41) is 14.3. The molecule has 2 aromatic rings. The molecule has 3 rings (SSSR count). The largest absolute Gasteiger partial charge is 0.334 e. The topological polar surface area (TPSA) is 71.8 Å². The number of hydrogen-bond acceptors (Lipinski definition) is 3. The lowest BCUT2D eigenvalue weighted by Gasteiger charge is -2.22. The highest BCUT2D eigenvalue weighted by Gasteiger charge is 2.27. The van der Waals surface area contributed by atoms with Crippen molar-refractivity contribution in [3.8, 4) is 0 Å². The highest BCUT2D eigenvalue weighted by atomic mass is 19.1. The van der Waals surface area contributed by atoms with E-state index in [0.29, 0.717) is 6.54 Å². The second kappa shape index (κ2) is 6.98. The van der Waals surface area contributed by atoms with Gasteiger partial charge in [0.1, 0.15) is 11.6 Å². The fourth-order valence-corrected chi connectivity index (χ4v) is 2.91. The number of carbonyl (C=O) groups is 1. The molecular weight excluding hydrogens is 309 g/mol. The molecule has 0 fully saturated rings. The van der Waals surface area contributed by atoms with Crippen molar-refractivity contribution in [1.82, 2.24) is 25.4 Å². The zero-order valence-electron chi connectivity index (χ0n) is 13.9. The van der Waals surface area contributed by atoms with Crippen LogP contribution in [0.1, 0.15) is 43.5 Å². The van der Waals surface area contributed by atoms with E-state index >= 15 is 0 Å². The first-order valence-corrected chi connectivity index (χ1v) is 8.25. The Kier molecular flexibility index (Phi) is 4.78. The first-order chi connectivity index (χ1) is 11.5. The molecule has 1 atom stereocenters. The van der Waals surface area contributed by atoms with Crippen LogP contribution in [0, 0.1) is 11.7 Å². The monoisotopic (exact) mass is 331 g/mol. The molecule has 2 N–H and O–H groups in total. The van der Waals surface area contributed by atoms with Gasteiger partial charge in [0.05, 0.1) is 6.04 Å². The number of halogens is 1. The van der Waals surface area contributed by atoms with E-state index in [2.05, 4.69) is 25.4 Å². The predicted molar refractivity (Wildman–Crippen MR) is 87.7 cm³/mol. The Morgan fingerprint density at radius 2 is 2.04 bits per heavy atom. The first-order valence-electron chi connectivity index (χ1n) is 8.25. The Bertz CT molecular complexity index is 710. The molecule has 0 radical (unpaired) electrons. The zero-order chi connectivity index (χ0) is 17.1. The van der Waals surface area contributed by atoms with E-state index in [1.54, 1.807) is 12.1 Å². The van der Waals surface area contributed by atoms with Crippen LogP contribution in [0.15, 0.2) is 24.3 Å². The number of nitrogens with zero attached hydrogens (tertiary/aromatic N) is 3. The molecule has 1 aromatic carbocycles. The van der Waals surface area contributed by atoms with Crippen molar-refractivity contribution in [1.29, 1.82) is 0 Å². The highest BCUT2D eigenvalue weighted by Crippen LogP contribution is 2.24. The highest BCUT2D eigenvalue weighted by molar-refractivity contribution is 5.74. The molecule has 0 bridgehead atoms. The molecule has 0 spiro atoms. The maximum atomic E-state index is 12.9. The van der Waals surface area contributed by atoms with Gasteiger partial charge in [-0.05, 0) is 30.0 Å². The maximum absolute atomic E-state index is 12.9. The quantitative estimate of drug-likeness (QED) is 0.884. The summed E-state index contributed by atoms with van der Waals surface area (Å²) in [4.78, 5) is 12.2. The SMILES string of the molecule is CC(C)C(NC(=O)NCc1ccc(F)cc1)c1nnc2n1CCC2. The van der Waals surface area contributed by atoms with Crippen molar-refractivity contribution >= 4 is 6.03 Å². The number of hydrogen-bond donors (Lipinski definition) is 2. The van der Waals surface area contributed by atoms with Crippen LogP contribution >= 0.6 is 0 Å². The van der Waals surface area contributed by atoms with E-state index in [9.17, 15) is 9.18 Å². The smallest absolute Gasteiger partial charge is 0.315 e. The molecule has 6 nitrogen and oxygen atoms in total. The van der Waals surface area contributed by atoms with Gasteiger partial charge in [0.25, 0.3) is 0 Å². The Morgan fingerprint density at radius 1 is 1.29 bits per heavy atom. The van der Waals surface area contributed by atoms with Crippen molar-refractivity contribution in [2.24, 2.45) is 5.92 Å². The number of benzene rings is 1. The van der Waals surface area contributed by atoms with Crippen molar-refractivity contribution in [3.05, 3.63) is 47.3 Å². The van der Waals surface area contributed by atoms with E-state index in [0.717, 1.165) is 36.6 Å². The average Bonchev–Trinajstić information content (AvgIpc) is 3.15. The van der Waals surface area contributed by atoms with Gasteiger partial charge in [0.15, 0.2) is 5.82 Å². The van der Waals surface area contributed by atoms with Crippen LogP contribution < -0.4 is 10.6 Å². The van der Waals surface area contributed by atoms with Crippen LogP contribution in [0.5, 0.6) is 0 Å². The predicted octanol–water partition coefficient (Wildman–Crippen LogP) is 2.56. The Labute approximate surface area is 140 Å². The van der Waals surface area contributed by atoms with Gasteiger partial charge in [-0.15, -0.1) is 10.2 Å². The van der Waals surface area contributed by atoms with Crippen molar-refractivity contribution in [3.63, 3.8) is 0 Å². The van der Waals surface area contributed by atoms with Crippen molar-refractivity contribution < 1.29 is 9.18 Å². The second-order valence-electron chi connectivity index (χ2n) is 6.40. The van der Waals surface area contributed by atoms with Crippen molar-refractivity contribution in [2.75, 3.05) is 0 Å². The van der Waals surface area contributed by atoms with Gasteiger partial charge in [0, 0.05) is 19.5 Å². The van der Waals surface area contributed by atoms with Gasteiger partial charge < -0.3 is 15.2 Å².